The summed E-state index contributed by atoms with van der Waals surface area (Å²) in [6, 6.07) is 13.9. The molecule has 1 aromatic heterocycles. The Hall–Kier alpha value is -2.90. The van der Waals surface area contributed by atoms with Crippen LogP contribution in [0.15, 0.2) is 59.8 Å². The normalized spacial score (nSPS) is 15.9. The van der Waals surface area contributed by atoms with Crippen LogP contribution in [-0.4, -0.2) is 26.1 Å². The van der Waals surface area contributed by atoms with E-state index >= 15 is 0 Å². The number of fused-ring (bicyclic) bond motifs is 1. The summed E-state index contributed by atoms with van der Waals surface area (Å²) in [6.45, 7) is 1.80. The minimum atomic E-state index is -0.619. The van der Waals surface area contributed by atoms with Crippen LogP contribution in [0.2, 0.25) is 10.0 Å². The second kappa shape index (κ2) is 7.02. The second-order valence-corrected chi connectivity index (χ2v) is 6.76. The molecule has 4 rings (SSSR count). The Labute approximate surface area is 165 Å². The fourth-order valence-corrected chi connectivity index (χ4v) is 3.46. The number of hydrogen-bond acceptors (Lipinski definition) is 5. The molecule has 2 N–H and O–H groups in total. The summed E-state index contributed by atoms with van der Waals surface area (Å²) in [5.74, 6) is 0.137. The van der Waals surface area contributed by atoms with E-state index in [0.29, 0.717) is 38.5 Å². The lowest BCUT2D eigenvalue weighted by Gasteiger charge is -2.28. The fraction of sp³-hybridized carbons (Fsp3) is 0.111. The summed E-state index contributed by atoms with van der Waals surface area (Å²) in [4.78, 5) is 13.1. The summed E-state index contributed by atoms with van der Waals surface area (Å²) < 4.78 is 1.52. The molecule has 0 unspecified atom stereocenters. The molecule has 0 spiro atoms. The molecule has 0 radical (unpaired) electrons. The Balaban J connectivity index is 1.82. The van der Waals surface area contributed by atoms with Gasteiger partial charge in [0.1, 0.15) is 6.04 Å². The van der Waals surface area contributed by atoms with E-state index in [0.717, 1.165) is 0 Å². The average Bonchev–Trinajstić information content (AvgIpc) is 3.12. The van der Waals surface area contributed by atoms with Crippen LogP contribution in [-0.2, 0) is 4.79 Å². The van der Waals surface area contributed by atoms with E-state index in [9.17, 15) is 4.79 Å². The quantitative estimate of drug-likeness (QED) is 0.695. The second-order valence-electron chi connectivity index (χ2n) is 5.98. The minimum Gasteiger partial charge on any atom is -0.326 e. The zero-order chi connectivity index (χ0) is 19.0. The van der Waals surface area contributed by atoms with E-state index in [1.165, 1.54) is 4.68 Å². The largest absolute Gasteiger partial charge is 0.326 e. The van der Waals surface area contributed by atoms with Gasteiger partial charge in [0.15, 0.2) is 0 Å². The molecule has 7 nitrogen and oxygen atoms in total. The monoisotopic (exact) mass is 400 g/mol. The van der Waals surface area contributed by atoms with E-state index in [4.69, 9.17) is 23.2 Å². The summed E-state index contributed by atoms with van der Waals surface area (Å²) in [5, 5.41) is 18.4. The number of amides is 1. The lowest BCUT2D eigenvalue weighted by molar-refractivity contribution is -0.113. The van der Waals surface area contributed by atoms with E-state index in [-0.39, 0.29) is 5.91 Å². The molecule has 0 saturated heterocycles. The molecule has 0 fully saturated rings. The number of carbonyl (C=O) groups excluding carboxylic acids is 1. The first-order chi connectivity index (χ1) is 13.1. The number of benzene rings is 2. The molecule has 136 valence electrons. The molecule has 0 bridgehead atoms. The van der Waals surface area contributed by atoms with Crippen LogP contribution in [0.4, 0.5) is 11.6 Å². The Bertz CT molecular complexity index is 1050. The van der Waals surface area contributed by atoms with Crippen LogP contribution in [0.25, 0.3) is 0 Å². The van der Waals surface area contributed by atoms with Gasteiger partial charge in [-0.3, -0.25) is 4.79 Å². The minimum absolute atomic E-state index is 0.284. The highest BCUT2D eigenvalue weighted by Crippen LogP contribution is 2.39. The molecule has 1 amide bonds. The zero-order valence-corrected chi connectivity index (χ0v) is 15.7. The molecule has 2 aromatic carbocycles. The van der Waals surface area contributed by atoms with Crippen LogP contribution in [0.5, 0.6) is 0 Å². The van der Waals surface area contributed by atoms with Crippen molar-refractivity contribution < 1.29 is 4.79 Å². The molecule has 1 atom stereocenters. The van der Waals surface area contributed by atoms with Crippen molar-refractivity contribution in [1.29, 1.82) is 0 Å². The molecule has 3 aromatic rings. The number of hydrogen-bond donors (Lipinski definition) is 2. The standard InChI is InChI=1S/C18H14Cl2N6O/c1-10-14(17(27)22-11-6-3-2-4-7-11)16(26-18(21-10)23-24-25-26)12-8-5-9-13(19)15(12)20/h2-9,16H,1H3,(H,22,27)(H,21,23,25)/t16-/m1/s1. The lowest BCUT2D eigenvalue weighted by atomic mass is 9.95. The van der Waals surface area contributed by atoms with Crippen molar-refractivity contribution in [2.45, 2.75) is 13.0 Å². The first kappa shape index (κ1) is 17.5. The summed E-state index contributed by atoms with van der Waals surface area (Å²) in [6.07, 6.45) is 0. The van der Waals surface area contributed by atoms with Gasteiger partial charge in [0, 0.05) is 16.9 Å². The van der Waals surface area contributed by atoms with Gasteiger partial charge in [-0.2, -0.15) is 4.68 Å². The number of para-hydroxylation sites is 1. The molecule has 1 aliphatic heterocycles. The van der Waals surface area contributed by atoms with Gasteiger partial charge in [0.2, 0.25) is 5.95 Å². The molecule has 27 heavy (non-hydrogen) atoms. The Morgan fingerprint density at radius 1 is 1.15 bits per heavy atom. The van der Waals surface area contributed by atoms with Crippen molar-refractivity contribution in [3.05, 3.63) is 75.4 Å². The SMILES string of the molecule is CC1=C(C(=O)Nc2ccccc2)[C@@H](c2cccc(Cl)c2Cl)n2nnnc2N1. The number of allylic oxidation sites excluding steroid dienone is 1. The van der Waals surface area contributed by atoms with Gasteiger partial charge in [-0.05, 0) is 35.5 Å². The van der Waals surface area contributed by atoms with Gasteiger partial charge in [-0.15, -0.1) is 0 Å². The van der Waals surface area contributed by atoms with Crippen LogP contribution in [0, 0.1) is 0 Å². The number of carbonyl (C=O) groups is 1. The maximum atomic E-state index is 13.1. The van der Waals surface area contributed by atoms with Crippen molar-refractivity contribution in [2.75, 3.05) is 10.6 Å². The van der Waals surface area contributed by atoms with Gasteiger partial charge < -0.3 is 10.6 Å². The molecule has 1 aliphatic rings. The third-order valence-electron chi connectivity index (χ3n) is 4.27. The van der Waals surface area contributed by atoms with Crippen molar-refractivity contribution in [3.63, 3.8) is 0 Å². The molecule has 2 heterocycles. The third kappa shape index (κ3) is 3.15. The van der Waals surface area contributed by atoms with Crippen LogP contribution in [0.3, 0.4) is 0 Å². The van der Waals surface area contributed by atoms with E-state index in [1.807, 2.05) is 30.3 Å². The number of aromatic nitrogens is 4. The van der Waals surface area contributed by atoms with Gasteiger partial charge in [-0.1, -0.05) is 58.6 Å². The Kier molecular flexibility index (Phi) is 4.55. The summed E-state index contributed by atoms with van der Waals surface area (Å²) in [5.41, 5.74) is 2.40. The smallest absolute Gasteiger partial charge is 0.255 e. The highest BCUT2D eigenvalue weighted by molar-refractivity contribution is 6.42. The van der Waals surface area contributed by atoms with Crippen LogP contribution < -0.4 is 10.6 Å². The Morgan fingerprint density at radius 2 is 1.93 bits per heavy atom. The molecule has 0 saturated carbocycles. The van der Waals surface area contributed by atoms with Crippen molar-refractivity contribution in [3.8, 4) is 0 Å². The third-order valence-corrected chi connectivity index (χ3v) is 5.10. The zero-order valence-electron chi connectivity index (χ0n) is 14.1. The molecule has 9 heteroatoms. The Morgan fingerprint density at radius 3 is 2.70 bits per heavy atom. The van der Waals surface area contributed by atoms with Crippen molar-refractivity contribution >= 4 is 40.7 Å². The van der Waals surface area contributed by atoms with Gasteiger partial charge >= 0.3 is 0 Å². The molecular formula is C18H14Cl2N6O. The van der Waals surface area contributed by atoms with Crippen molar-refractivity contribution in [1.82, 2.24) is 20.2 Å². The predicted octanol–water partition coefficient (Wildman–Crippen LogP) is 3.91. The summed E-state index contributed by atoms with van der Waals surface area (Å²) >= 11 is 12.7. The number of tetrazole rings is 1. The predicted molar refractivity (Wildman–Crippen MR) is 104 cm³/mol. The molecular weight excluding hydrogens is 387 g/mol. The summed E-state index contributed by atoms with van der Waals surface area (Å²) in [7, 11) is 0. The number of anilines is 2. The van der Waals surface area contributed by atoms with E-state index < -0.39 is 6.04 Å². The maximum absolute atomic E-state index is 13.1. The average molecular weight is 401 g/mol. The first-order valence-corrected chi connectivity index (χ1v) is 8.88. The maximum Gasteiger partial charge on any atom is 0.255 e. The van der Waals surface area contributed by atoms with E-state index in [2.05, 4.69) is 26.2 Å². The number of rotatable bonds is 3. The fourth-order valence-electron chi connectivity index (χ4n) is 3.05. The highest BCUT2D eigenvalue weighted by Gasteiger charge is 2.35. The van der Waals surface area contributed by atoms with Gasteiger partial charge in [0.25, 0.3) is 5.91 Å². The number of nitrogens with zero attached hydrogens (tertiary/aromatic N) is 4. The molecule has 0 aliphatic carbocycles. The lowest BCUT2D eigenvalue weighted by Crippen LogP contribution is -2.31. The van der Waals surface area contributed by atoms with E-state index in [1.54, 1.807) is 25.1 Å². The highest BCUT2D eigenvalue weighted by atomic mass is 35.5. The topological polar surface area (TPSA) is 84.7 Å². The number of nitrogens with one attached hydrogen (secondary N) is 2. The van der Waals surface area contributed by atoms with Gasteiger partial charge in [-0.25, -0.2) is 0 Å². The van der Waals surface area contributed by atoms with Crippen LogP contribution in [0.1, 0.15) is 18.5 Å². The van der Waals surface area contributed by atoms with Gasteiger partial charge in [0.05, 0.1) is 15.6 Å². The van der Waals surface area contributed by atoms with Crippen molar-refractivity contribution in [2.24, 2.45) is 0 Å². The van der Waals surface area contributed by atoms with Crippen LogP contribution >= 0.6 is 23.2 Å². The first-order valence-electron chi connectivity index (χ1n) is 8.12. The number of halogens is 2.